The van der Waals surface area contributed by atoms with Crippen LogP contribution in [0.5, 0.6) is 0 Å². The number of thioether (sulfide) groups is 1. The van der Waals surface area contributed by atoms with Gasteiger partial charge in [-0.25, -0.2) is 0 Å². The number of amides is 2. The van der Waals surface area contributed by atoms with Crippen molar-refractivity contribution in [2.75, 3.05) is 31.5 Å². The summed E-state index contributed by atoms with van der Waals surface area (Å²) in [6.07, 6.45) is 2.31. The lowest BCUT2D eigenvalue weighted by molar-refractivity contribution is -0.133. The van der Waals surface area contributed by atoms with Gasteiger partial charge in [-0.1, -0.05) is 18.5 Å². The van der Waals surface area contributed by atoms with Crippen LogP contribution in [0.4, 0.5) is 5.69 Å². The van der Waals surface area contributed by atoms with Gasteiger partial charge in [0, 0.05) is 29.4 Å². The molecule has 1 aromatic rings. The normalized spacial score (nSPS) is 20.2. The van der Waals surface area contributed by atoms with E-state index in [0.29, 0.717) is 10.9 Å². The molecule has 144 valence electrons. The Bertz CT molecular complexity index is 651. The summed E-state index contributed by atoms with van der Waals surface area (Å²) >= 11 is 7.41. The van der Waals surface area contributed by atoms with Crippen molar-refractivity contribution >= 4 is 53.3 Å². The molecule has 3 rings (SSSR count). The highest BCUT2D eigenvalue weighted by atomic mass is 35.5. The lowest BCUT2D eigenvalue weighted by Crippen LogP contribution is -2.43. The third kappa shape index (κ3) is 5.28. The van der Waals surface area contributed by atoms with E-state index < -0.39 is 0 Å². The van der Waals surface area contributed by atoms with Crippen LogP contribution in [0.25, 0.3) is 0 Å². The standard InChI is InChI=1S/C18H24ClN3O2S.ClH/c1-2-20-11-12-5-7-22(8-6-12)17(23)10-16-18(24)21-14-9-13(19)3-4-15(14)25-16;/h3-4,9,12,16,20H,2,5-8,10-11H2,1H3,(H,21,24);1H. The Hall–Kier alpha value is -0.950. The molecule has 0 radical (unpaired) electrons. The third-order valence-corrected chi connectivity index (χ3v) is 6.28. The monoisotopic (exact) mass is 417 g/mol. The summed E-state index contributed by atoms with van der Waals surface area (Å²) in [7, 11) is 0. The van der Waals surface area contributed by atoms with Crippen LogP contribution in [0.2, 0.25) is 5.02 Å². The number of halogens is 2. The van der Waals surface area contributed by atoms with Crippen molar-refractivity contribution in [1.29, 1.82) is 0 Å². The Morgan fingerprint density at radius 3 is 2.81 bits per heavy atom. The van der Waals surface area contributed by atoms with Crippen molar-refractivity contribution in [2.24, 2.45) is 5.92 Å². The van der Waals surface area contributed by atoms with E-state index in [-0.39, 0.29) is 35.9 Å². The summed E-state index contributed by atoms with van der Waals surface area (Å²) in [4.78, 5) is 27.8. The lowest BCUT2D eigenvalue weighted by Gasteiger charge is -2.33. The van der Waals surface area contributed by atoms with E-state index in [2.05, 4.69) is 17.6 Å². The zero-order valence-corrected chi connectivity index (χ0v) is 17.2. The molecule has 0 spiro atoms. The van der Waals surface area contributed by atoms with Gasteiger partial charge in [-0.2, -0.15) is 0 Å². The number of carbonyl (C=O) groups is 2. The molecule has 2 aliphatic heterocycles. The fraction of sp³-hybridized carbons (Fsp3) is 0.556. The maximum absolute atomic E-state index is 12.6. The molecule has 1 aromatic carbocycles. The molecular formula is C18H25Cl2N3O2S. The first kappa shape index (κ1) is 21.4. The number of piperidine rings is 1. The van der Waals surface area contributed by atoms with E-state index in [1.165, 1.54) is 11.8 Å². The Morgan fingerprint density at radius 2 is 2.12 bits per heavy atom. The predicted molar refractivity (Wildman–Crippen MR) is 109 cm³/mol. The molecule has 1 unspecified atom stereocenters. The average Bonchev–Trinajstić information content (AvgIpc) is 2.61. The quantitative estimate of drug-likeness (QED) is 0.770. The van der Waals surface area contributed by atoms with Crippen LogP contribution >= 0.6 is 35.8 Å². The van der Waals surface area contributed by atoms with E-state index >= 15 is 0 Å². The van der Waals surface area contributed by atoms with Gasteiger partial charge in [0.1, 0.15) is 0 Å². The van der Waals surface area contributed by atoms with Crippen LogP contribution in [0.3, 0.4) is 0 Å². The molecule has 0 aliphatic carbocycles. The fourth-order valence-corrected chi connectivity index (χ4v) is 4.53. The van der Waals surface area contributed by atoms with Crippen LogP contribution in [0, 0.1) is 5.92 Å². The molecule has 1 atom stereocenters. The van der Waals surface area contributed by atoms with Crippen LogP contribution in [-0.2, 0) is 9.59 Å². The van der Waals surface area contributed by atoms with Crippen LogP contribution in [-0.4, -0.2) is 48.1 Å². The Balaban J connectivity index is 0.00000243. The second-order valence-electron chi connectivity index (χ2n) is 6.57. The van der Waals surface area contributed by atoms with Crippen molar-refractivity contribution in [3.8, 4) is 0 Å². The highest BCUT2D eigenvalue weighted by molar-refractivity contribution is 8.01. The van der Waals surface area contributed by atoms with E-state index in [0.717, 1.165) is 49.6 Å². The van der Waals surface area contributed by atoms with Gasteiger partial charge in [0.15, 0.2) is 0 Å². The number of hydrogen-bond acceptors (Lipinski definition) is 4. The second-order valence-corrected chi connectivity index (χ2v) is 8.25. The van der Waals surface area contributed by atoms with Gasteiger partial charge < -0.3 is 15.5 Å². The molecule has 2 aliphatic rings. The minimum Gasteiger partial charge on any atom is -0.343 e. The number of rotatable bonds is 5. The van der Waals surface area contributed by atoms with Gasteiger partial charge in [0.25, 0.3) is 0 Å². The van der Waals surface area contributed by atoms with Gasteiger partial charge in [-0.05, 0) is 50.0 Å². The lowest BCUT2D eigenvalue weighted by atomic mass is 9.96. The van der Waals surface area contributed by atoms with E-state index in [9.17, 15) is 9.59 Å². The van der Waals surface area contributed by atoms with E-state index in [1.807, 2.05) is 11.0 Å². The number of carbonyl (C=O) groups excluding carboxylic acids is 2. The molecule has 26 heavy (non-hydrogen) atoms. The molecule has 0 aromatic heterocycles. The topological polar surface area (TPSA) is 61.4 Å². The summed E-state index contributed by atoms with van der Waals surface area (Å²) in [5.74, 6) is 0.607. The molecule has 5 nitrogen and oxygen atoms in total. The average molecular weight is 418 g/mol. The van der Waals surface area contributed by atoms with Crippen LogP contribution in [0.1, 0.15) is 26.2 Å². The number of nitrogens with one attached hydrogen (secondary N) is 2. The Morgan fingerprint density at radius 1 is 1.38 bits per heavy atom. The number of fused-ring (bicyclic) bond motifs is 1. The van der Waals surface area contributed by atoms with E-state index in [4.69, 9.17) is 11.6 Å². The number of anilines is 1. The van der Waals surface area contributed by atoms with Gasteiger partial charge in [-0.15, -0.1) is 24.2 Å². The Kier molecular flexibility index (Phi) is 8.07. The van der Waals surface area contributed by atoms with Crippen molar-refractivity contribution in [3.05, 3.63) is 23.2 Å². The number of hydrogen-bond donors (Lipinski definition) is 2. The first-order chi connectivity index (χ1) is 12.1. The number of benzene rings is 1. The molecule has 2 N–H and O–H groups in total. The third-order valence-electron chi connectivity index (χ3n) is 4.77. The van der Waals surface area contributed by atoms with Crippen molar-refractivity contribution in [3.63, 3.8) is 0 Å². The zero-order valence-electron chi connectivity index (χ0n) is 14.8. The SMILES string of the molecule is CCNCC1CCN(C(=O)CC2Sc3ccc(Cl)cc3NC2=O)CC1.Cl. The van der Waals surface area contributed by atoms with Gasteiger partial charge in [0.05, 0.1) is 10.9 Å². The number of likely N-dealkylation sites (tertiary alicyclic amines) is 1. The van der Waals surface area contributed by atoms with Gasteiger partial charge in [0.2, 0.25) is 11.8 Å². The summed E-state index contributed by atoms with van der Waals surface area (Å²) in [6, 6.07) is 5.44. The molecule has 1 saturated heterocycles. The van der Waals surface area contributed by atoms with Crippen LogP contribution in [0.15, 0.2) is 23.1 Å². The fourth-order valence-electron chi connectivity index (χ4n) is 3.28. The van der Waals surface area contributed by atoms with Gasteiger partial charge in [-0.3, -0.25) is 9.59 Å². The molecule has 2 amide bonds. The van der Waals surface area contributed by atoms with Gasteiger partial charge >= 0.3 is 0 Å². The maximum atomic E-state index is 12.6. The molecule has 8 heteroatoms. The summed E-state index contributed by atoms with van der Waals surface area (Å²) in [5.41, 5.74) is 0.732. The molecule has 1 fully saturated rings. The molecule has 0 bridgehead atoms. The minimum atomic E-state index is -0.374. The van der Waals surface area contributed by atoms with Crippen LogP contribution < -0.4 is 10.6 Å². The summed E-state index contributed by atoms with van der Waals surface area (Å²) in [6.45, 7) is 5.70. The highest BCUT2D eigenvalue weighted by Gasteiger charge is 2.31. The number of nitrogens with zero attached hydrogens (tertiary/aromatic N) is 1. The zero-order chi connectivity index (χ0) is 17.8. The summed E-state index contributed by atoms with van der Waals surface area (Å²) in [5, 5.41) is 6.46. The largest absolute Gasteiger partial charge is 0.343 e. The first-order valence-electron chi connectivity index (χ1n) is 8.82. The van der Waals surface area contributed by atoms with Crippen molar-refractivity contribution in [2.45, 2.75) is 36.3 Å². The predicted octanol–water partition coefficient (Wildman–Crippen LogP) is 3.41. The molecular weight excluding hydrogens is 393 g/mol. The van der Waals surface area contributed by atoms with Crippen molar-refractivity contribution < 1.29 is 9.59 Å². The first-order valence-corrected chi connectivity index (χ1v) is 10.1. The molecule has 0 saturated carbocycles. The smallest absolute Gasteiger partial charge is 0.238 e. The maximum Gasteiger partial charge on any atom is 0.238 e. The summed E-state index contributed by atoms with van der Waals surface area (Å²) < 4.78 is 0. The molecule has 2 heterocycles. The van der Waals surface area contributed by atoms with E-state index in [1.54, 1.807) is 12.1 Å². The minimum absolute atomic E-state index is 0. The highest BCUT2D eigenvalue weighted by Crippen LogP contribution is 2.38. The van der Waals surface area contributed by atoms with Crippen molar-refractivity contribution in [1.82, 2.24) is 10.2 Å². The Labute approximate surface area is 170 Å². The second kappa shape index (κ2) is 9.83.